The molecule has 1 aromatic rings. The van der Waals surface area contributed by atoms with Crippen molar-refractivity contribution in [2.24, 2.45) is 0 Å². The summed E-state index contributed by atoms with van der Waals surface area (Å²) in [4.78, 5) is 12.1. The fourth-order valence-corrected chi connectivity index (χ4v) is 1.49. The molecule has 7 heteroatoms. The van der Waals surface area contributed by atoms with E-state index in [2.05, 4.69) is 0 Å². The Morgan fingerprint density at radius 3 is 2.29 bits per heavy atom. The summed E-state index contributed by atoms with van der Waals surface area (Å²) in [7, 11) is 4.50. The van der Waals surface area contributed by atoms with Crippen molar-refractivity contribution in [3.05, 3.63) is 23.8 Å². The standard InChI is InChI=1S/C14H20O7/c1-16-8-19-7-13(15)12-5-4-11(20-9-17-2)6-14(12)21-10-18-3/h4-6H,7-10H2,1-3H3. The van der Waals surface area contributed by atoms with E-state index < -0.39 is 0 Å². The van der Waals surface area contributed by atoms with E-state index in [1.165, 1.54) is 21.3 Å². The number of hydrogen-bond donors (Lipinski definition) is 0. The minimum atomic E-state index is -0.226. The molecule has 0 saturated heterocycles. The van der Waals surface area contributed by atoms with E-state index in [1.807, 2.05) is 0 Å². The van der Waals surface area contributed by atoms with E-state index in [0.29, 0.717) is 17.1 Å². The van der Waals surface area contributed by atoms with Gasteiger partial charge in [0, 0.05) is 27.4 Å². The average Bonchev–Trinajstić information content (AvgIpc) is 2.51. The van der Waals surface area contributed by atoms with Crippen LogP contribution in [0.25, 0.3) is 0 Å². The smallest absolute Gasteiger partial charge is 0.192 e. The van der Waals surface area contributed by atoms with E-state index in [1.54, 1.807) is 18.2 Å². The van der Waals surface area contributed by atoms with Gasteiger partial charge in [-0.2, -0.15) is 0 Å². The zero-order valence-electron chi connectivity index (χ0n) is 12.4. The van der Waals surface area contributed by atoms with Crippen molar-refractivity contribution >= 4 is 5.78 Å². The van der Waals surface area contributed by atoms with Crippen molar-refractivity contribution in [2.45, 2.75) is 0 Å². The first-order valence-corrected chi connectivity index (χ1v) is 6.20. The van der Waals surface area contributed by atoms with E-state index in [4.69, 9.17) is 28.4 Å². The molecule has 0 unspecified atom stereocenters. The van der Waals surface area contributed by atoms with Crippen LogP contribution in [0.4, 0.5) is 0 Å². The van der Waals surface area contributed by atoms with Crippen molar-refractivity contribution in [3.63, 3.8) is 0 Å². The van der Waals surface area contributed by atoms with Crippen LogP contribution in [0, 0.1) is 0 Å². The van der Waals surface area contributed by atoms with Crippen molar-refractivity contribution in [3.8, 4) is 11.5 Å². The molecule has 0 aliphatic heterocycles. The summed E-state index contributed by atoms with van der Waals surface area (Å²) >= 11 is 0. The zero-order valence-corrected chi connectivity index (χ0v) is 12.4. The van der Waals surface area contributed by atoms with Crippen LogP contribution in [0.1, 0.15) is 10.4 Å². The quantitative estimate of drug-likeness (QED) is 0.348. The number of Topliss-reactive ketones (excluding diaryl/α,β-unsaturated/α-hetero) is 1. The predicted molar refractivity (Wildman–Crippen MR) is 73.6 cm³/mol. The third-order valence-corrected chi connectivity index (χ3v) is 2.36. The fraction of sp³-hybridized carbons (Fsp3) is 0.500. The molecule has 0 aliphatic carbocycles. The Balaban J connectivity index is 2.81. The Labute approximate surface area is 123 Å². The average molecular weight is 300 g/mol. The van der Waals surface area contributed by atoms with Crippen LogP contribution in [0.3, 0.4) is 0 Å². The molecule has 0 radical (unpaired) electrons. The summed E-state index contributed by atoms with van der Waals surface area (Å²) in [5.74, 6) is 0.658. The minimum Gasteiger partial charge on any atom is -0.467 e. The molecule has 0 fully saturated rings. The van der Waals surface area contributed by atoms with Crippen LogP contribution < -0.4 is 9.47 Å². The van der Waals surface area contributed by atoms with Crippen molar-refractivity contribution in [1.82, 2.24) is 0 Å². The number of benzene rings is 1. The van der Waals surface area contributed by atoms with E-state index in [0.717, 1.165) is 0 Å². The summed E-state index contributed by atoms with van der Waals surface area (Å²) in [5.41, 5.74) is 0.382. The number of carbonyl (C=O) groups is 1. The summed E-state index contributed by atoms with van der Waals surface area (Å²) in [6, 6.07) is 4.86. The second-order valence-corrected chi connectivity index (χ2v) is 3.94. The van der Waals surface area contributed by atoms with Gasteiger partial charge in [-0.15, -0.1) is 0 Å². The molecule has 1 aromatic carbocycles. The lowest BCUT2D eigenvalue weighted by atomic mass is 10.1. The van der Waals surface area contributed by atoms with Crippen LogP contribution in [0.5, 0.6) is 11.5 Å². The Bertz CT molecular complexity index is 433. The summed E-state index contributed by atoms with van der Waals surface area (Å²) in [6.07, 6.45) is 0. The van der Waals surface area contributed by atoms with Crippen molar-refractivity contribution in [1.29, 1.82) is 0 Å². The van der Waals surface area contributed by atoms with Gasteiger partial charge in [0.1, 0.15) is 24.9 Å². The maximum atomic E-state index is 12.1. The molecule has 0 spiro atoms. The number of rotatable bonds is 11. The first kappa shape index (κ1) is 17.4. The molecule has 21 heavy (non-hydrogen) atoms. The summed E-state index contributed by atoms with van der Waals surface area (Å²) in [5, 5.41) is 0. The molecule has 0 atom stereocenters. The van der Waals surface area contributed by atoms with Gasteiger partial charge in [0.25, 0.3) is 0 Å². The SMILES string of the molecule is COCOCC(=O)c1ccc(OCOC)cc1OCOC. The monoisotopic (exact) mass is 300 g/mol. The molecule has 7 nitrogen and oxygen atoms in total. The highest BCUT2D eigenvalue weighted by Gasteiger charge is 2.14. The Hall–Kier alpha value is -1.67. The lowest BCUT2D eigenvalue weighted by molar-refractivity contribution is -0.0239. The maximum absolute atomic E-state index is 12.1. The first-order valence-electron chi connectivity index (χ1n) is 6.20. The van der Waals surface area contributed by atoms with Gasteiger partial charge in [-0.3, -0.25) is 4.79 Å². The molecule has 0 N–H and O–H groups in total. The zero-order chi connectivity index (χ0) is 15.5. The highest BCUT2D eigenvalue weighted by Crippen LogP contribution is 2.25. The number of hydrogen-bond acceptors (Lipinski definition) is 7. The fourth-order valence-electron chi connectivity index (χ4n) is 1.49. The lowest BCUT2D eigenvalue weighted by Gasteiger charge is -2.12. The van der Waals surface area contributed by atoms with Crippen LogP contribution in [-0.4, -0.2) is 54.1 Å². The molecule has 0 aliphatic rings. The summed E-state index contributed by atoms with van der Waals surface area (Å²) in [6.45, 7) is 0.0748. The lowest BCUT2D eigenvalue weighted by Crippen LogP contribution is -2.13. The van der Waals surface area contributed by atoms with Crippen LogP contribution in [0.2, 0.25) is 0 Å². The molecule has 1 rings (SSSR count). The Kier molecular flexibility index (Phi) is 8.37. The highest BCUT2D eigenvalue weighted by molar-refractivity contribution is 5.99. The van der Waals surface area contributed by atoms with Gasteiger partial charge < -0.3 is 28.4 Å². The normalized spacial score (nSPS) is 10.4. The second-order valence-electron chi connectivity index (χ2n) is 3.94. The van der Waals surface area contributed by atoms with E-state index >= 15 is 0 Å². The number of ketones is 1. The van der Waals surface area contributed by atoms with Crippen LogP contribution in [-0.2, 0) is 18.9 Å². The van der Waals surface area contributed by atoms with E-state index in [9.17, 15) is 4.79 Å². The van der Waals surface area contributed by atoms with Gasteiger partial charge in [-0.1, -0.05) is 0 Å². The minimum absolute atomic E-state index is 0.0208. The largest absolute Gasteiger partial charge is 0.467 e. The number of ether oxygens (including phenoxy) is 6. The van der Waals surface area contributed by atoms with Gasteiger partial charge in [0.15, 0.2) is 19.4 Å². The molecule has 0 saturated carbocycles. The topological polar surface area (TPSA) is 72.5 Å². The Morgan fingerprint density at radius 1 is 0.952 bits per heavy atom. The summed E-state index contributed by atoms with van der Waals surface area (Å²) < 4.78 is 30.1. The van der Waals surface area contributed by atoms with Gasteiger partial charge in [-0.25, -0.2) is 0 Å². The first-order chi connectivity index (χ1) is 10.2. The van der Waals surface area contributed by atoms with E-state index in [-0.39, 0.29) is 32.8 Å². The molecule has 0 bridgehead atoms. The highest BCUT2D eigenvalue weighted by atomic mass is 16.7. The van der Waals surface area contributed by atoms with Crippen LogP contribution >= 0.6 is 0 Å². The van der Waals surface area contributed by atoms with Crippen molar-refractivity contribution in [2.75, 3.05) is 48.3 Å². The third-order valence-electron chi connectivity index (χ3n) is 2.36. The molecule has 0 amide bonds. The molecule has 0 heterocycles. The van der Waals surface area contributed by atoms with Gasteiger partial charge in [-0.05, 0) is 12.1 Å². The second kappa shape index (κ2) is 10.1. The van der Waals surface area contributed by atoms with Crippen molar-refractivity contribution < 1.29 is 33.2 Å². The Morgan fingerprint density at radius 2 is 1.62 bits per heavy atom. The van der Waals surface area contributed by atoms with Gasteiger partial charge in [0.05, 0.1) is 5.56 Å². The van der Waals surface area contributed by atoms with Crippen LogP contribution in [0.15, 0.2) is 18.2 Å². The van der Waals surface area contributed by atoms with Gasteiger partial charge in [0.2, 0.25) is 0 Å². The number of methoxy groups -OCH3 is 3. The molecule has 0 aromatic heterocycles. The molecule has 118 valence electrons. The maximum Gasteiger partial charge on any atom is 0.192 e. The van der Waals surface area contributed by atoms with Gasteiger partial charge >= 0.3 is 0 Å². The predicted octanol–water partition coefficient (Wildman–Crippen LogP) is 1.46. The molecular weight excluding hydrogens is 280 g/mol. The third kappa shape index (κ3) is 6.09. The molecular formula is C14H20O7. The number of carbonyl (C=O) groups excluding carboxylic acids is 1.